The molecule has 0 radical (unpaired) electrons. The molecule has 3 aromatic rings. The Morgan fingerprint density at radius 1 is 1.20 bits per heavy atom. The highest BCUT2D eigenvalue weighted by atomic mass is 32.2. The van der Waals surface area contributed by atoms with Crippen molar-refractivity contribution in [1.82, 2.24) is 14.8 Å². The lowest BCUT2D eigenvalue weighted by atomic mass is 10.1. The summed E-state index contributed by atoms with van der Waals surface area (Å²) in [4.78, 5) is 10.6. The van der Waals surface area contributed by atoms with E-state index in [4.69, 9.17) is 0 Å². The first-order valence-corrected chi connectivity index (χ1v) is 8.72. The van der Waals surface area contributed by atoms with Crippen molar-refractivity contribution in [2.45, 2.75) is 31.2 Å². The fourth-order valence-corrected chi connectivity index (χ4v) is 3.62. The molecule has 0 aliphatic carbocycles. The largest absolute Gasteiger partial charge is 0.276 e. The summed E-state index contributed by atoms with van der Waals surface area (Å²) in [7, 11) is 0. The summed E-state index contributed by atoms with van der Waals surface area (Å²) in [6.45, 7) is 6.12. The maximum Gasteiger partial charge on any atom is 0.269 e. The Hall–Kier alpha value is -2.67. The quantitative estimate of drug-likeness (QED) is 0.379. The summed E-state index contributed by atoms with van der Waals surface area (Å²) in [5.74, 6) is 0. The summed E-state index contributed by atoms with van der Waals surface area (Å²) in [5.41, 5.74) is 4.36. The van der Waals surface area contributed by atoms with Crippen LogP contribution in [0.5, 0.6) is 0 Å². The van der Waals surface area contributed by atoms with Gasteiger partial charge in [-0.1, -0.05) is 41.6 Å². The molecule has 6 nitrogen and oxygen atoms in total. The number of hydrogen-bond acceptors (Lipinski definition) is 5. The Kier molecular flexibility index (Phi) is 4.85. The molecule has 128 valence electrons. The first-order valence-electron chi connectivity index (χ1n) is 7.84. The standard InChI is InChI=1S/C18H18N4O2S/c1-12-7-8-17(13(2)9-12)21-11-19-20-18(21)25-14(3)15-5-4-6-16(10-15)22(23)24/h4-11,14H,1-3H3. The molecule has 1 atom stereocenters. The van der Waals surface area contributed by atoms with Crippen LogP contribution in [0.15, 0.2) is 53.9 Å². The molecule has 0 aliphatic rings. The molecule has 1 aromatic heterocycles. The Morgan fingerprint density at radius 2 is 2.00 bits per heavy atom. The van der Waals surface area contributed by atoms with Gasteiger partial charge >= 0.3 is 0 Å². The molecule has 1 heterocycles. The molecular formula is C18H18N4O2S. The zero-order valence-electron chi connectivity index (χ0n) is 14.2. The minimum Gasteiger partial charge on any atom is -0.276 e. The molecular weight excluding hydrogens is 336 g/mol. The van der Waals surface area contributed by atoms with Gasteiger partial charge in [0, 0.05) is 17.4 Å². The predicted molar refractivity (Wildman–Crippen MR) is 98.2 cm³/mol. The van der Waals surface area contributed by atoms with Gasteiger partial charge in [-0.3, -0.25) is 14.7 Å². The molecule has 3 rings (SSSR count). The van der Waals surface area contributed by atoms with Crippen LogP contribution in [-0.4, -0.2) is 19.7 Å². The molecule has 0 N–H and O–H groups in total. The normalized spacial score (nSPS) is 12.1. The van der Waals surface area contributed by atoms with Gasteiger partial charge in [0.2, 0.25) is 0 Å². The summed E-state index contributed by atoms with van der Waals surface area (Å²) >= 11 is 1.52. The molecule has 0 saturated heterocycles. The van der Waals surface area contributed by atoms with Crippen LogP contribution in [0.1, 0.15) is 28.9 Å². The van der Waals surface area contributed by atoms with Crippen LogP contribution in [0.4, 0.5) is 5.69 Å². The van der Waals surface area contributed by atoms with Gasteiger partial charge in [0.1, 0.15) is 6.33 Å². The van der Waals surface area contributed by atoms with Crippen LogP contribution in [0.2, 0.25) is 0 Å². The van der Waals surface area contributed by atoms with Gasteiger partial charge in [0.15, 0.2) is 5.16 Å². The molecule has 2 aromatic carbocycles. The van der Waals surface area contributed by atoms with Gasteiger partial charge in [0.05, 0.1) is 10.6 Å². The number of nitrogens with zero attached hydrogens (tertiary/aromatic N) is 4. The van der Waals surface area contributed by atoms with E-state index in [0.29, 0.717) is 0 Å². The molecule has 0 fully saturated rings. The number of nitro benzene ring substituents is 1. The van der Waals surface area contributed by atoms with Crippen LogP contribution >= 0.6 is 11.8 Å². The Labute approximate surface area is 150 Å². The van der Waals surface area contributed by atoms with Gasteiger partial charge in [-0.15, -0.1) is 10.2 Å². The van der Waals surface area contributed by atoms with E-state index in [1.807, 2.05) is 17.6 Å². The summed E-state index contributed by atoms with van der Waals surface area (Å²) < 4.78 is 1.95. The first-order chi connectivity index (χ1) is 12.0. The van der Waals surface area contributed by atoms with Crippen LogP contribution < -0.4 is 0 Å². The number of thioether (sulfide) groups is 1. The van der Waals surface area contributed by atoms with E-state index < -0.39 is 0 Å². The lowest BCUT2D eigenvalue weighted by Crippen LogP contribution is -2.00. The second kappa shape index (κ2) is 7.06. The summed E-state index contributed by atoms with van der Waals surface area (Å²) in [6, 6.07) is 12.9. The van der Waals surface area contributed by atoms with Crippen LogP contribution in [0, 0.1) is 24.0 Å². The summed E-state index contributed by atoms with van der Waals surface area (Å²) in [5, 5.41) is 20.0. The molecule has 0 spiro atoms. The molecule has 1 unspecified atom stereocenters. The van der Waals surface area contributed by atoms with E-state index in [2.05, 4.69) is 42.2 Å². The number of aromatic nitrogens is 3. The number of nitro groups is 1. The number of benzene rings is 2. The lowest BCUT2D eigenvalue weighted by Gasteiger charge is -2.13. The molecule has 0 amide bonds. The molecule has 0 bridgehead atoms. The molecule has 0 aliphatic heterocycles. The third-order valence-corrected chi connectivity index (χ3v) is 5.08. The SMILES string of the molecule is Cc1ccc(-n2cnnc2SC(C)c2cccc([N+](=O)[O-])c2)c(C)c1. The fourth-order valence-electron chi connectivity index (χ4n) is 2.66. The number of aryl methyl sites for hydroxylation is 2. The predicted octanol–water partition coefficient (Wildman–Crippen LogP) is 4.65. The summed E-state index contributed by atoms with van der Waals surface area (Å²) in [6.07, 6.45) is 1.69. The fraction of sp³-hybridized carbons (Fsp3) is 0.222. The van der Waals surface area contributed by atoms with Crippen molar-refractivity contribution in [3.05, 3.63) is 75.6 Å². The minimum atomic E-state index is -0.376. The van der Waals surface area contributed by atoms with Crippen LogP contribution in [-0.2, 0) is 0 Å². The third-order valence-electron chi connectivity index (χ3n) is 3.96. The Balaban J connectivity index is 1.88. The maximum atomic E-state index is 11.0. The van der Waals surface area contributed by atoms with Gasteiger partial charge < -0.3 is 0 Å². The highest BCUT2D eigenvalue weighted by Crippen LogP contribution is 2.36. The van der Waals surface area contributed by atoms with Crippen molar-refractivity contribution in [1.29, 1.82) is 0 Å². The van der Waals surface area contributed by atoms with Crippen molar-refractivity contribution in [2.24, 2.45) is 0 Å². The zero-order chi connectivity index (χ0) is 18.0. The van der Waals surface area contributed by atoms with Gasteiger partial charge in [-0.2, -0.15) is 0 Å². The smallest absolute Gasteiger partial charge is 0.269 e. The van der Waals surface area contributed by atoms with Crippen LogP contribution in [0.3, 0.4) is 0 Å². The average molecular weight is 354 g/mol. The Bertz CT molecular complexity index is 923. The maximum absolute atomic E-state index is 11.0. The highest BCUT2D eigenvalue weighted by Gasteiger charge is 2.16. The van der Waals surface area contributed by atoms with E-state index in [9.17, 15) is 10.1 Å². The second-order valence-electron chi connectivity index (χ2n) is 5.89. The van der Waals surface area contributed by atoms with Crippen molar-refractivity contribution < 1.29 is 4.92 Å². The topological polar surface area (TPSA) is 73.8 Å². The molecule has 0 saturated carbocycles. The molecule has 25 heavy (non-hydrogen) atoms. The van der Waals surface area contributed by atoms with Gasteiger partial charge in [-0.05, 0) is 38.0 Å². The average Bonchev–Trinajstić information content (AvgIpc) is 3.02. The van der Waals surface area contributed by atoms with Crippen LogP contribution in [0.25, 0.3) is 5.69 Å². The minimum absolute atomic E-state index is 0.00797. The first kappa shape index (κ1) is 17.2. The van der Waals surface area contributed by atoms with Gasteiger partial charge in [0.25, 0.3) is 5.69 Å². The zero-order valence-corrected chi connectivity index (χ0v) is 15.0. The van der Waals surface area contributed by atoms with Crippen molar-refractivity contribution in [3.8, 4) is 5.69 Å². The van der Waals surface area contributed by atoms with E-state index in [1.54, 1.807) is 18.5 Å². The lowest BCUT2D eigenvalue weighted by molar-refractivity contribution is -0.384. The number of hydrogen-bond donors (Lipinski definition) is 0. The monoisotopic (exact) mass is 354 g/mol. The molecule has 7 heteroatoms. The second-order valence-corrected chi connectivity index (χ2v) is 7.19. The third kappa shape index (κ3) is 3.71. The van der Waals surface area contributed by atoms with E-state index in [-0.39, 0.29) is 15.9 Å². The van der Waals surface area contributed by atoms with E-state index in [1.165, 1.54) is 23.4 Å². The van der Waals surface area contributed by atoms with Crippen molar-refractivity contribution >= 4 is 17.4 Å². The number of non-ortho nitro benzene ring substituents is 1. The van der Waals surface area contributed by atoms with E-state index in [0.717, 1.165) is 22.0 Å². The van der Waals surface area contributed by atoms with Gasteiger partial charge in [-0.25, -0.2) is 0 Å². The van der Waals surface area contributed by atoms with E-state index >= 15 is 0 Å². The Morgan fingerprint density at radius 3 is 2.72 bits per heavy atom. The highest BCUT2D eigenvalue weighted by molar-refractivity contribution is 7.99. The van der Waals surface area contributed by atoms with Crippen molar-refractivity contribution in [3.63, 3.8) is 0 Å². The number of rotatable bonds is 5. The van der Waals surface area contributed by atoms with Crippen molar-refractivity contribution in [2.75, 3.05) is 0 Å².